The van der Waals surface area contributed by atoms with E-state index < -0.39 is 0 Å². The zero-order chi connectivity index (χ0) is 29.8. The number of nitrogens with two attached hydrogens (primary N) is 1. The Labute approximate surface area is 251 Å². The number of carbonyl (C=O) groups excluding carboxylic acids is 2. The first-order valence-electron chi connectivity index (χ1n) is 17.8. The number of nitrogens with one attached hydrogen (secondary N) is 1. The number of hydrogen-bond donors (Lipinski definition) is 2. The SMILES string of the molecule is CCCC/C=C\CCCCCCCC(N)=O.CCCCCCCCCCCCCCCC(=O)NCCCCCC. The van der Waals surface area contributed by atoms with Crippen molar-refractivity contribution in [2.45, 2.75) is 201 Å². The third kappa shape index (κ3) is 41.2. The number of primary amides is 1. The van der Waals surface area contributed by atoms with Crippen LogP contribution in [0, 0.1) is 0 Å². The Kier molecular flexibility index (Phi) is 38.5. The highest BCUT2D eigenvalue weighted by molar-refractivity contribution is 5.75. The Bertz CT molecular complexity index is 533. The van der Waals surface area contributed by atoms with Crippen LogP contribution in [-0.4, -0.2) is 18.4 Å². The normalized spacial score (nSPS) is 11.0. The lowest BCUT2D eigenvalue weighted by atomic mass is 10.0. The van der Waals surface area contributed by atoms with Gasteiger partial charge in [0.15, 0.2) is 0 Å². The molecule has 0 spiro atoms. The average molecular weight is 565 g/mol. The van der Waals surface area contributed by atoms with Gasteiger partial charge in [-0.05, 0) is 38.5 Å². The van der Waals surface area contributed by atoms with Gasteiger partial charge in [0.2, 0.25) is 11.8 Å². The molecule has 0 unspecified atom stereocenters. The Morgan fingerprint density at radius 3 is 1.32 bits per heavy atom. The lowest BCUT2D eigenvalue weighted by Gasteiger charge is -2.05. The average Bonchev–Trinajstić information content (AvgIpc) is 2.94. The van der Waals surface area contributed by atoms with Crippen molar-refractivity contribution in [2.75, 3.05) is 6.54 Å². The van der Waals surface area contributed by atoms with Crippen LogP contribution in [-0.2, 0) is 9.59 Å². The first-order valence-corrected chi connectivity index (χ1v) is 17.8. The van der Waals surface area contributed by atoms with Crippen LogP contribution < -0.4 is 11.1 Å². The molecule has 0 heterocycles. The van der Waals surface area contributed by atoms with Crippen LogP contribution in [0.1, 0.15) is 201 Å². The molecule has 0 atom stereocenters. The molecular weight excluding hydrogens is 492 g/mol. The molecule has 0 aliphatic carbocycles. The molecule has 0 aromatic carbocycles. The molecule has 0 bridgehead atoms. The van der Waals surface area contributed by atoms with E-state index in [1.165, 1.54) is 141 Å². The fourth-order valence-electron chi connectivity index (χ4n) is 4.82. The molecule has 0 aromatic rings. The topological polar surface area (TPSA) is 72.2 Å². The molecule has 0 aromatic heterocycles. The summed E-state index contributed by atoms with van der Waals surface area (Å²) in [5.74, 6) is 0.0911. The van der Waals surface area contributed by atoms with Crippen molar-refractivity contribution in [1.82, 2.24) is 5.32 Å². The number of amides is 2. The fraction of sp³-hybridized carbons (Fsp3) is 0.889. The minimum atomic E-state index is -0.168. The van der Waals surface area contributed by atoms with Crippen LogP contribution in [0.15, 0.2) is 12.2 Å². The van der Waals surface area contributed by atoms with Crippen LogP contribution in [0.5, 0.6) is 0 Å². The summed E-state index contributed by atoms with van der Waals surface area (Å²) in [6, 6.07) is 0. The fourth-order valence-corrected chi connectivity index (χ4v) is 4.82. The summed E-state index contributed by atoms with van der Waals surface area (Å²) in [7, 11) is 0. The largest absolute Gasteiger partial charge is 0.370 e. The molecule has 0 saturated heterocycles. The van der Waals surface area contributed by atoms with Crippen LogP contribution in [0.3, 0.4) is 0 Å². The highest BCUT2D eigenvalue weighted by Gasteiger charge is 2.00. The highest BCUT2D eigenvalue weighted by atomic mass is 16.1. The molecule has 0 saturated carbocycles. The maximum atomic E-state index is 11.7. The molecule has 40 heavy (non-hydrogen) atoms. The standard InChI is InChI=1S/C22H45NO.C14H27NO/c1-3-5-7-9-10-11-12-13-14-15-16-17-18-20-22(24)23-21-19-8-6-4-2;1-2-3-4-5-6-7-8-9-10-11-12-13-14(15)16/h3-21H2,1-2H3,(H,23,24);5-6H,2-4,7-13H2,1H3,(H2,15,16)/b;6-5-. The molecule has 2 amide bonds. The van der Waals surface area contributed by atoms with Gasteiger partial charge in [-0.3, -0.25) is 9.59 Å². The van der Waals surface area contributed by atoms with Gasteiger partial charge in [0, 0.05) is 19.4 Å². The maximum absolute atomic E-state index is 11.7. The molecule has 0 aliphatic rings. The minimum absolute atomic E-state index is 0.168. The van der Waals surface area contributed by atoms with Gasteiger partial charge in [0.05, 0.1) is 0 Å². The molecule has 0 fully saturated rings. The van der Waals surface area contributed by atoms with Crippen molar-refractivity contribution in [3.63, 3.8) is 0 Å². The van der Waals surface area contributed by atoms with Gasteiger partial charge in [-0.2, -0.15) is 0 Å². The van der Waals surface area contributed by atoms with Crippen molar-refractivity contribution >= 4 is 11.8 Å². The number of allylic oxidation sites excluding steroid dienone is 2. The second kappa shape index (κ2) is 37.7. The molecular formula is C36H72N2O2. The van der Waals surface area contributed by atoms with Crippen molar-refractivity contribution in [3.8, 4) is 0 Å². The third-order valence-corrected chi connectivity index (χ3v) is 7.54. The summed E-state index contributed by atoms with van der Waals surface area (Å²) in [5.41, 5.74) is 5.06. The number of hydrogen-bond acceptors (Lipinski definition) is 2. The molecule has 4 nitrogen and oxygen atoms in total. The van der Waals surface area contributed by atoms with Crippen molar-refractivity contribution < 1.29 is 9.59 Å². The van der Waals surface area contributed by atoms with E-state index in [0.29, 0.717) is 6.42 Å². The summed E-state index contributed by atoms with van der Waals surface area (Å²) >= 11 is 0. The summed E-state index contributed by atoms with van der Waals surface area (Å²) in [6.45, 7) is 7.59. The van der Waals surface area contributed by atoms with Crippen molar-refractivity contribution in [3.05, 3.63) is 12.2 Å². The molecule has 4 heteroatoms. The minimum Gasteiger partial charge on any atom is -0.370 e. The molecule has 0 radical (unpaired) electrons. The van der Waals surface area contributed by atoms with Crippen LogP contribution in [0.2, 0.25) is 0 Å². The van der Waals surface area contributed by atoms with Crippen molar-refractivity contribution in [2.24, 2.45) is 5.73 Å². The second-order valence-corrected chi connectivity index (χ2v) is 11.8. The van der Waals surface area contributed by atoms with Gasteiger partial charge < -0.3 is 11.1 Å². The van der Waals surface area contributed by atoms with E-state index in [2.05, 4.69) is 38.2 Å². The van der Waals surface area contributed by atoms with E-state index in [-0.39, 0.29) is 11.8 Å². The van der Waals surface area contributed by atoms with Crippen LogP contribution in [0.4, 0.5) is 0 Å². The monoisotopic (exact) mass is 565 g/mol. The van der Waals surface area contributed by atoms with E-state index in [1.54, 1.807) is 0 Å². The predicted molar refractivity (Wildman–Crippen MR) is 178 cm³/mol. The highest BCUT2D eigenvalue weighted by Crippen LogP contribution is 2.13. The summed E-state index contributed by atoms with van der Waals surface area (Å²) in [6.07, 6.45) is 39.4. The van der Waals surface area contributed by atoms with Crippen LogP contribution in [0.25, 0.3) is 0 Å². The maximum Gasteiger partial charge on any atom is 0.219 e. The van der Waals surface area contributed by atoms with Gasteiger partial charge in [0.1, 0.15) is 0 Å². The molecule has 0 rings (SSSR count). The van der Waals surface area contributed by atoms with Crippen LogP contribution >= 0.6 is 0 Å². The predicted octanol–water partition coefficient (Wildman–Crippen LogP) is 11.1. The molecule has 3 N–H and O–H groups in total. The number of unbranched alkanes of at least 4 members (excludes halogenated alkanes) is 22. The smallest absolute Gasteiger partial charge is 0.219 e. The van der Waals surface area contributed by atoms with Gasteiger partial charge >= 0.3 is 0 Å². The van der Waals surface area contributed by atoms with Gasteiger partial charge in [0.25, 0.3) is 0 Å². The summed E-state index contributed by atoms with van der Waals surface area (Å²) < 4.78 is 0. The Hall–Kier alpha value is -1.32. The van der Waals surface area contributed by atoms with Gasteiger partial charge in [-0.15, -0.1) is 0 Å². The lowest BCUT2D eigenvalue weighted by Crippen LogP contribution is -2.23. The zero-order valence-corrected chi connectivity index (χ0v) is 27.6. The third-order valence-electron chi connectivity index (χ3n) is 7.54. The lowest BCUT2D eigenvalue weighted by molar-refractivity contribution is -0.121. The zero-order valence-electron chi connectivity index (χ0n) is 27.6. The first kappa shape index (κ1) is 40.8. The first-order chi connectivity index (χ1) is 19.6. The Morgan fingerprint density at radius 1 is 0.475 bits per heavy atom. The van der Waals surface area contributed by atoms with Gasteiger partial charge in [-0.25, -0.2) is 0 Å². The summed E-state index contributed by atoms with van der Waals surface area (Å²) in [4.78, 5) is 22.1. The van der Waals surface area contributed by atoms with E-state index in [0.717, 1.165) is 38.6 Å². The quantitative estimate of drug-likeness (QED) is 0.0672. The van der Waals surface area contributed by atoms with E-state index >= 15 is 0 Å². The number of carbonyl (C=O) groups is 2. The van der Waals surface area contributed by atoms with E-state index in [4.69, 9.17) is 5.73 Å². The Morgan fingerprint density at radius 2 is 0.850 bits per heavy atom. The Balaban J connectivity index is 0. The van der Waals surface area contributed by atoms with Crippen molar-refractivity contribution in [1.29, 1.82) is 0 Å². The molecule has 0 aliphatic heterocycles. The second-order valence-electron chi connectivity index (χ2n) is 11.8. The molecule has 238 valence electrons. The summed E-state index contributed by atoms with van der Waals surface area (Å²) in [5, 5.41) is 3.05. The van der Waals surface area contributed by atoms with E-state index in [9.17, 15) is 9.59 Å². The van der Waals surface area contributed by atoms with E-state index in [1.807, 2.05) is 0 Å². The number of rotatable bonds is 30. The van der Waals surface area contributed by atoms with Gasteiger partial charge in [-0.1, -0.05) is 161 Å².